The van der Waals surface area contributed by atoms with E-state index in [1.165, 1.54) is 6.07 Å². The molecule has 2 aromatic rings. The Kier molecular flexibility index (Phi) is 3.41. The van der Waals surface area contributed by atoms with Crippen molar-refractivity contribution in [1.29, 1.82) is 0 Å². The van der Waals surface area contributed by atoms with Crippen molar-refractivity contribution in [2.24, 2.45) is 0 Å². The number of cyclic esters (lactones) is 1. The molecular weight excluding hydrogens is 304 g/mol. The van der Waals surface area contributed by atoms with Crippen LogP contribution in [0, 0.1) is 10.1 Å². The Morgan fingerprint density at radius 1 is 1.22 bits per heavy atom. The number of nitro benzene ring substituents is 1. The van der Waals surface area contributed by atoms with Gasteiger partial charge in [0.2, 0.25) is 6.23 Å². The summed E-state index contributed by atoms with van der Waals surface area (Å²) >= 11 is 0. The molecule has 1 N–H and O–H groups in total. The quantitative estimate of drug-likeness (QED) is 0.514. The van der Waals surface area contributed by atoms with Gasteiger partial charge in [0.25, 0.3) is 5.69 Å². The molecule has 0 saturated heterocycles. The molecule has 1 heterocycles. The molecule has 0 aliphatic carbocycles. The standard InChI is InChI=1S/C15H10N2O6/c18-14(19)11-7-8(17(21)22)5-6-9(11)13-16-12-4-2-1-3-10(12)15(20)23-13/h1-7,13,16H,(H,18,19)/p-1/t13-/m0/s1. The van der Waals surface area contributed by atoms with E-state index >= 15 is 0 Å². The number of para-hydroxylation sites is 1. The van der Waals surface area contributed by atoms with Crippen LogP contribution < -0.4 is 10.4 Å². The number of non-ortho nitro benzene ring substituents is 1. The topological polar surface area (TPSA) is 122 Å². The molecule has 1 atom stereocenters. The largest absolute Gasteiger partial charge is 0.545 e. The molecule has 1 aliphatic rings. The van der Waals surface area contributed by atoms with E-state index in [1.807, 2.05) is 0 Å². The number of carbonyl (C=O) groups is 2. The summed E-state index contributed by atoms with van der Waals surface area (Å²) in [5, 5.41) is 24.9. The van der Waals surface area contributed by atoms with E-state index in [9.17, 15) is 24.8 Å². The number of ether oxygens (including phenoxy) is 1. The number of anilines is 1. The minimum Gasteiger partial charge on any atom is -0.545 e. The number of aromatic carboxylic acids is 1. The fourth-order valence-electron chi connectivity index (χ4n) is 2.33. The van der Waals surface area contributed by atoms with Crippen LogP contribution in [0.5, 0.6) is 0 Å². The number of benzene rings is 2. The lowest BCUT2D eigenvalue weighted by atomic mass is 10.0. The van der Waals surface area contributed by atoms with Gasteiger partial charge in [-0.15, -0.1) is 0 Å². The van der Waals surface area contributed by atoms with E-state index in [-0.39, 0.29) is 5.56 Å². The van der Waals surface area contributed by atoms with Crippen molar-refractivity contribution >= 4 is 23.3 Å². The van der Waals surface area contributed by atoms with E-state index in [0.29, 0.717) is 11.3 Å². The van der Waals surface area contributed by atoms with Crippen molar-refractivity contribution in [1.82, 2.24) is 0 Å². The van der Waals surface area contributed by atoms with Crippen LogP contribution in [-0.2, 0) is 4.74 Å². The molecule has 23 heavy (non-hydrogen) atoms. The van der Waals surface area contributed by atoms with Crippen LogP contribution in [0.3, 0.4) is 0 Å². The first-order valence-corrected chi connectivity index (χ1v) is 6.53. The first-order valence-electron chi connectivity index (χ1n) is 6.53. The molecule has 0 fully saturated rings. The Morgan fingerprint density at radius 3 is 2.65 bits per heavy atom. The molecule has 0 bridgehead atoms. The number of rotatable bonds is 3. The molecule has 0 saturated carbocycles. The molecule has 8 heteroatoms. The lowest BCUT2D eigenvalue weighted by Crippen LogP contribution is -2.30. The van der Waals surface area contributed by atoms with Gasteiger partial charge in [0, 0.05) is 23.3 Å². The summed E-state index contributed by atoms with van der Waals surface area (Å²) in [6.07, 6.45) is -1.08. The van der Waals surface area contributed by atoms with Crippen molar-refractivity contribution < 1.29 is 24.4 Å². The van der Waals surface area contributed by atoms with Crippen LogP contribution in [0.25, 0.3) is 0 Å². The van der Waals surface area contributed by atoms with Crippen LogP contribution in [0.4, 0.5) is 11.4 Å². The summed E-state index contributed by atoms with van der Waals surface area (Å²) in [7, 11) is 0. The maximum atomic E-state index is 12.0. The molecule has 0 unspecified atom stereocenters. The maximum absolute atomic E-state index is 12.0. The van der Waals surface area contributed by atoms with Gasteiger partial charge in [-0.3, -0.25) is 10.1 Å². The SMILES string of the molecule is O=C1O[C@@H](c2ccc([N+](=O)[O-])cc2C(=O)[O-])Nc2ccccc21. The summed E-state index contributed by atoms with van der Waals surface area (Å²) in [5.41, 5.74) is 0.0647. The molecule has 0 amide bonds. The number of nitrogens with one attached hydrogen (secondary N) is 1. The second kappa shape index (κ2) is 5.41. The van der Waals surface area contributed by atoms with Gasteiger partial charge < -0.3 is 20.0 Å². The van der Waals surface area contributed by atoms with Crippen LogP contribution >= 0.6 is 0 Å². The average Bonchev–Trinajstić information content (AvgIpc) is 2.54. The first kappa shape index (κ1) is 14.5. The van der Waals surface area contributed by atoms with Crippen LogP contribution in [-0.4, -0.2) is 16.9 Å². The number of fused-ring (bicyclic) bond motifs is 1. The summed E-state index contributed by atoms with van der Waals surface area (Å²) in [4.78, 5) is 33.3. The smallest absolute Gasteiger partial charge is 0.342 e. The maximum Gasteiger partial charge on any atom is 0.342 e. The highest BCUT2D eigenvalue weighted by Crippen LogP contribution is 2.32. The van der Waals surface area contributed by atoms with Crippen molar-refractivity contribution in [3.05, 3.63) is 69.3 Å². The Bertz CT molecular complexity index is 832. The summed E-state index contributed by atoms with van der Waals surface area (Å²) in [6, 6.07) is 9.82. The molecule has 0 radical (unpaired) electrons. The predicted molar refractivity (Wildman–Crippen MR) is 75.6 cm³/mol. The van der Waals surface area contributed by atoms with Crippen molar-refractivity contribution in [2.75, 3.05) is 5.32 Å². The zero-order valence-electron chi connectivity index (χ0n) is 11.5. The molecule has 8 nitrogen and oxygen atoms in total. The lowest BCUT2D eigenvalue weighted by molar-refractivity contribution is -0.385. The van der Waals surface area contributed by atoms with E-state index < -0.39 is 34.3 Å². The second-order valence-electron chi connectivity index (χ2n) is 4.79. The van der Waals surface area contributed by atoms with Gasteiger partial charge in [-0.05, 0) is 18.2 Å². The number of nitro groups is 1. The normalized spacial score (nSPS) is 16.0. The third kappa shape index (κ3) is 2.57. The highest BCUT2D eigenvalue weighted by molar-refractivity contribution is 5.98. The third-order valence-electron chi connectivity index (χ3n) is 3.41. The molecule has 0 spiro atoms. The van der Waals surface area contributed by atoms with Gasteiger partial charge in [-0.1, -0.05) is 12.1 Å². The Morgan fingerprint density at radius 2 is 1.96 bits per heavy atom. The van der Waals surface area contributed by atoms with E-state index in [4.69, 9.17) is 4.74 Å². The number of hydrogen-bond acceptors (Lipinski definition) is 7. The minimum absolute atomic E-state index is 0.0680. The summed E-state index contributed by atoms with van der Waals surface area (Å²) in [5.74, 6) is -2.22. The van der Waals surface area contributed by atoms with Gasteiger partial charge in [0.05, 0.1) is 22.1 Å². The third-order valence-corrected chi connectivity index (χ3v) is 3.41. The van der Waals surface area contributed by atoms with Crippen molar-refractivity contribution in [3.63, 3.8) is 0 Å². The second-order valence-corrected chi connectivity index (χ2v) is 4.79. The highest BCUT2D eigenvalue weighted by Gasteiger charge is 2.29. The van der Waals surface area contributed by atoms with Gasteiger partial charge in [0.1, 0.15) is 0 Å². The zero-order valence-corrected chi connectivity index (χ0v) is 11.5. The molecule has 2 aromatic carbocycles. The first-order chi connectivity index (χ1) is 11.0. The Balaban J connectivity index is 2.04. The van der Waals surface area contributed by atoms with Gasteiger partial charge in [-0.2, -0.15) is 0 Å². The van der Waals surface area contributed by atoms with Crippen LogP contribution in [0.1, 0.15) is 32.5 Å². The van der Waals surface area contributed by atoms with Crippen LogP contribution in [0.2, 0.25) is 0 Å². The van der Waals surface area contributed by atoms with Crippen LogP contribution in [0.15, 0.2) is 42.5 Å². The van der Waals surface area contributed by atoms with E-state index in [0.717, 1.165) is 12.1 Å². The molecule has 116 valence electrons. The average molecular weight is 313 g/mol. The number of hydrogen-bond donors (Lipinski definition) is 1. The summed E-state index contributed by atoms with van der Waals surface area (Å²) < 4.78 is 5.18. The van der Waals surface area contributed by atoms with Gasteiger partial charge >= 0.3 is 5.97 Å². The fourth-order valence-corrected chi connectivity index (χ4v) is 2.33. The summed E-state index contributed by atoms with van der Waals surface area (Å²) in [6.45, 7) is 0. The van der Waals surface area contributed by atoms with Crippen molar-refractivity contribution in [3.8, 4) is 0 Å². The van der Waals surface area contributed by atoms with Gasteiger partial charge in [-0.25, -0.2) is 4.79 Å². The predicted octanol–water partition coefficient (Wildman–Crippen LogP) is 1.24. The van der Waals surface area contributed by atoms with E-state index in [2.05, 4.69) is 5.32 Å². The number of nitrogens with zero attached hydrogens (tertiary/aromatic N) is 1. The Labute approximate surface area is 129 Å². The number of carboxylic acid groups (broad SMARTS) is 1. The molecule has 1 aliphatic heterocycles. The monoisotopic (exact) mass is 313 g/mol. The van der Waals surface area contributed by atoms with Crippen molar-refractivity contribution in [2.45, 2.75) is 6.23 Å². The van der Waals surface area contributed by atoms with Gasteiger partial charge in [0.15, 0.2) is 0 Å². The number of carboxylic acids is 1. The fraction of sp³-hybridized carbons (Fsp3) is 0.0667. The molecule has 0 aromatic heterocycles. The minimum atomic E-state index is -1.60. The number of carbonyl (C=O) groups excluding carboxylic acids is 2. The number of esters is 1. The zero-order chi connectivity index (χ0) is 16.6. The van der Waals surface area contributed by atoms with E-state index in [1.54, 1.807) is 24.3 Å². The lowest BCUT2D eigenvalue weighted by Gasteiger charge is -2.28. The molecule has 3 rings (SSSR count). The molecular formula is C15H9N2O6-. The Hall–Kier alpha value is -3.42. The highest BCUT2D eigenvalue weighted by atomic mass is 16.6.